The second-order valence-corrected chi connectivity index (χ2v) is 7.48. The molecule has 0 saturated carbocycles. The van der Waals surface area contributed by atoms with E-state index in [-0.39, 0.29) is 11.8 Å². The molecule has 2 aliphatic heterocycles. The first-order chi connectivity index (χ1) is 14.5. The molecule has 0 spiro atoms. The molecular formula is C22H31N3O5. The number of hydrogen-bond donors (Lipinski definition) is 0. The number of hydrogen-bond acceptors (Lipinski definition) is 6. The van der Waals surface area contributed by atoms with Crippen LogP contribution in [-0.2, 0) is 9.59 Å². The smallest absolute Gasteiger partial charge is 0.246 e. The third-order valence-corrected chi connectivity index (χ3v) is 5.61. The molecule has 0 unspecified atom stereocenters. The summed E-state index contributed by atoms with van der Waals surface area (Å²) in [6, 6.07) is 3.60. The molecule has 8 nitrogen and oxygen atoms in total. The SMILES string of the molecule is COc1cc(C=CC(=O)N2CCN(CC(=O)N3CCCC3)CC2)cc(OC)c1OC. The number of amides is 2. The van der Waals surface area contributed by atoms with Crippen molar-refractivity contribution < 1.29 is 23.8 Å². The van der Waals surface area contributed by atoms with Crippen LogP contribution in [0.3, 0.4) is 0 Å². The summed E-state index contributed by atoms with van der Waals surface area (Å²) in [6.45, 7) is 4.86. The summed E-state index contributed by atoms with van der Waals surface area (Å²) in [6.07, 6.45) is 5.51. The van der Waals surface area contributed by atoms with E-state index in [1.807, 2.05) is 9.80 Å². The van der Waals surface area contributed by atoms with Crippen LogP contribution in [0.15, 0.2) is 18.2 Å². The Hall–Kier alpha value is -2.74. The predicted molar refractivity (Wildman–Crippen MR) is 114 cm³/mol. The van der Waals surface area contributed by atoms with Gasteiger partial charge in [-0.05, 0) is 36.6 Å². The van der Waals surface area contributed by atoms with Crippen LogP contribution in [0.5, 0.6) is 17.2 Å². The number of likely N-dealkylation sites (tertiary alicyclic amines) is 1. The Morgan fingerprint density at radius 3 is 2.00 bits per heavy atom. The van der Waals surface area contributed by atoms with Crippen LogP contribution in [0.4, 0.5) is 0 Å². The molecule has 1 aromatic carbocycles. The average Bonchev–Trinajstić information content (AvgIpc) is 3.32. The number of ether oxygens (including phenoxy) is 3. The van der Waals surface area contributed by atoms with E-state index >= 15 is 0 Å². The molecule has 2 saturated heterocycles. The highest BCUT2D eigenvalue weighted by atomic mass is 16.5. The molecule has 2 amide bonds. The second-order valence-electron chi connectivity index (χ2n) is 7.48. The van der Waals surface area contributed by atoms with Crippen molar-refractivity contribution in [3.8, 4) is 17.2 Å². The fourth-order valence-electron chi connectivity index (χ4n) is 3.85. The van der Waals surface area contributed by atoms with Crippen molar-refractivity contribution in [3.63, 3.8) is 0 Å². The minimum Gasteiger partial charge on any atom is -0.493 e. The Morgan fingerprint density at radius 2 is 1.47 bits per heavy atom. The van der Waals surface area contributed by atoms with Gasteiger partial charge in [-0.3, -0.25) is 14.5 Å². The molecule has 0 aromatic heterocycles. The maximum atomic E-state index is 12.6. The summed E-state index contributed by atoms with van der Waals surface area (Å²) in [4.78, 5) is 30.8. The van der Waals surface area contributed by atoms with E-state index < -0.39 is 0 Å². The van der Waals surface area contributed by atoms with Gasteiger partial charge in [0, 0.05) is 45.3 Å². The van der Waals surface area contributed by atoms with Gasteiger partial charge in [-0.15, -0.1) is 0 Å². The highest BCUT2D eigenvalue weighted by molar-refractivity contribution is 5.92. The third-order valence-electron chi connectivity index (χ3n) is 5.61. The number of piperazine rings is 1. The fourth-order valence-corrected chi connectivity index (χ4v) is 3.85. The normalized spacial score (nSPS) is 17.4. The molecule has 2 aliphatic rings. The van der Waals surface area contributed by atoms with Crippen LogP contribution in [-0.4, -0.2) is 93.7 Å². The molecule has 2 fully saturated rings. The van der Waals surface area contributed by atoms with Crippen molar-refractivity contribution in [2.45, 2.75) is 12.8 Å². The standard InChI is InChI=1S/C22H31N3O5/c1-28-18-14-17(15-19(29-2)22(18)30-3)6-7-20(26)25-12-10-23(11-13-25)16-21(27)24-8-4-5-9-24/h6-7,14-15H,4-5,8-13,16H2,1-3H3. The van der Waals surface area contributed by atoms with E-state index in [9.17, 15) is 9.59 Å². The summed E-state index contributed by atoms with van der Waals surface area (Å²) < 4.78 is 16.0. The zero-order valence-corrected chi connectivity index (χ0v) is 18.1. The van der Waals surface area contributed by atoms with Gasteiger partial charge in [0.1, 0.15) is 0 Å². The molecule has 164 valence electrons. The molecule has 2 heterocycles. The lowest BCUT2D eigenvalue weighted by atomic mass is 10.1. The van der Waals surface area contributed by atoms with Gasteiger partial charge in [0.25, 0.3) is 0 Å². The molecule has 0 bridgehead atoms. The van der Waals surface area contributed by atoms with Crippen molar-refractivity contribution in [1.29, 1.82) is 0 Å². The van der Waals surface area contributed by atoms with Gasteiger partial charge in [0.15, 0.2) is 11.5 Å². The molecule has 8 heteroatoms. The fraction of sp³-hybridized carbons (Fsp3) is 0.545. The van der Waals surface area contributed by atoms with Crippen molar-refractivity contribution in [1.82, 2.24) is 14.7 Å². The van der Waals surface area contributed by atoms with Crippen LogP contribution >= 0.6 is 0 Å². The van der Waals surface area contributed by atoms with Crippen LogP contribution < -0.4 is 14.2 Å². The number of rotatable bonds is 7. The van der Waals surface area contributed by atoms with Crippen molar-refractivity contribution in [2.75, 3.05) is 67.1 Å². The number of benzene rings is 1. The third kappa shape index (κ3) is 5.24. The van der Waals surface area contributed by atoms with E-state index in [4.69, 9.17) is 14.2 Å². The maximum Gasteiger partial charge on any atom is 0.246 e. The number of nitrogens with zero attached hydrogens (tertiary/aromatic N) is 3. The van der Waals surface area contributed by atoms with Gasteiger partial charge in [-0.1, -0.05) is 0 Å². The van der Waals surface area contributed by atoms with Gasteiger partial charge in [-0.25, -0.2) is 0 Å². The monoisotopic (exact) mass is 417 g/mol. The minimum atomic E-state index is -0.0470. The van der Waals surface area contributed by atoms with Crippen molar-refractivity contribution >= 4 is 17.9 Å². The van der Waals surface area contributed by atoms with E-state index in [0.717, 1.165) is 31.5 Å². The van der Waals surface area contributed by atoms with E-state index in [1.165, 1.54) is 0 Å². The lowest BCUT2D eigenvalue weighted by molar-refractivity contribution is -0.132. The quantitative estimate of drug-likeness (QED) is 0.626. The zero-order chi connectivity index (χ0) is 21.5. The van der Waals surface area contributed by atoms with Gasteiger partial charge in [-0.2, -0.15) is 0 Å². The Morgan fingerprint density at radius 1 is 0.867 bits per heavy atom. The topological polar surface area (TPSA) is 71.6 Å². The van der Waals surface area contributed by atoms with Crippen molar-refractivity contribution in [3.05, 3.63) is 23.8 Å². The molecule has 1 aromatic rings. The molecule has 3 rings (SSSR count). The van der Waals surface area contributed by atoms with Crippen molar-refractivity contribution in [2.24, 2.45) is 0 Å². The van der Waals surface area contributed by atoms with E-state index in [1.54, 1.807) is 45.6 Å². The van der Waals surface area contributed by atoms with Gasteiger partial charge in [0.05, 0.1) is 27.9 Å². The summed E-state index contributed by atoms with van der Waals surface area (Å²) in [5.41, 5.74) is 0.785. The largest absolute Gasteiger partial charge is 0.493 e. The molecular weight excluding hydrogens is 386 g/mol. The molecule has 0 N–H and O–H groups in total. The first kappa shape index (κ1) is 22.0. The van der Waals surface area contributed by atoms with Crippen LogP contribution in [0.25, 0.3) is 6.08 Å². The first-order valence-corrected chi connectivity index (χ1v) is 10.3. The second kappa shape index (κ2) is 10.3. The highest BCUT2D eigenvalue weighted by Crippen LogP contribution is 2.38. The average molecular weight is 418 g/mol. The number of carbonyl (C=O) groups is 2. The van der Waals surface area contributed by atoms with Crippen LogP contribution in [0.2, 0.25) is 0 Å². The summed E-state index contributed by atoms with van der Waals surface area (Å²) >= 11 is 0. The van der Waals surface area contributed by atoms with Crippen LogP contribution in [0, 0.1) is 0 Å². The Kier molecular flexibility index (Phi) is 7.57. The molecule has 0 radical (unpaired) electrons. The molecule has 30 heavy (non-hydrogen) atoms. The summed E-state index contributed by atoms with van der Waals surface area (Å²) in [7, 11) is 4.67. The Labute approximate surface area is 178 Å². The Bertz CT molecular complexity index is 756. The lowest BCUT2D eigenvalue weighted by Crippen LogP contribution is -2.51. The maximum absolute atomic E-state index is 12.6. The van der Waals surface area contributed by atoms with Crippen LogP contribution in [0.1, 0.15) is 18.4 Å². The summed E-state index contributed by atoms with van der Waals surface area (Å²) in [5.74, 6) is 1.76. The molecule has 0 aliphatic carbocycles. The minimum absolute atomic E-state index is 0.0470. The number of carbonyl (C=O) groups excluding carboxylic acids is 2. The first-order valence-electron chi connectivity index (χ1n) is 10.3. The number of methoxy groups -OCH3 is 3. The molecule has 0 atom stereocenters. The van der Waals surface area contributed by atoms with Gasteiger partial charge >= 0.3 is 0 Å². The van der Waals surface area contributed by atoms with E-state index in [2.05, 4.69) is 4.90 Å². The zero-order valence-electron chi connectivity index (χ0n) is 18.1. The Balaban J connectivity index is 1.54. The highest BCUT2D eigenvalue weighted by Gasteiger charge is 2.24. The van der Waals surface area contributed by atoms with Gasteiger partial charge < -0.3 is 24.0 Å². The summed E-state index contributed by atoms with van der Waals surface area (Å²) in [5, 5.41) is 0. The lowest BCUT2D eigenvalue weighted by Gasteiger charge is -2.34. The van der Waals surface area contributed by atoms with E-state index in [0.29, 0.717) is 50.0 Å². The van der Waals surface area contributed by atoms with Gasteiger partial charge in [0.2, 0.25) is 17.6 Å². The predicted octanol–water partition coefficient (Wildman–Crippen LogP) is 1.49.